The maximum atomic E-state index is 13.9. The molecule has 2 aromatic rings. The van der Waals surface area contributed by atoms with E-state index in [0.29, 0.717) is 17.2 Å². The molecule has 0 fully saturated rings. The van der Waals surface area contributed by atoms with Gasteiger partial charge in [-0.3, -0.25) is 0 Å². The Kier molecular flexibility index (Phi) is 4.27. The number of halogens is 1. The summed E-state index contributed by atoms with van der Waals surface area (Å²) in [5, 5.41) is 11.9. The van der Waals surface area contributed by atoms with Gasteiger partial charge in [0.1, 0.15) is 17.3 Å². The van der Waals surface area contributed by atoms with Gasteiger partial charge in [0.05, 0.1) is 25.5 Å². The third kappa shape index (κ3) is 3.22. The molecular weight excluding hydrogens is 277 g/mol. The van der Waals surface area contributed by atoms with Crippen molar-refractivity contribution in [2.75, 3.05) is 19.5 Å². The summed E-state index contributed by atoms with van der Waals surface area (Å²) in [6.07, 6.45) is 0. The fraction of sp³-hybridized carbons (Fsp3) is 0.133. The number of nitrogens with one attached hydrogen (secondary N) is 1. The lowest BCUT2D eigenvalue weighted by molar-refractivity contribution is 0.0697. The first kappa shape index (κ1) is 14.6. The van der Waals surface area contributed by atoms with Crippen molar-refractivity contribution in [2.24, 2.45) is 0 Å². The van der Waals surface area contributed by atoms with Crippen LogP contribution in [-0.2, 0) is 0 Å². The van der Waals surface area contributed by atoms with E-state index in [9.17, 15) is 9.18 Å². The van der Waals surface area contributed by atoms with Gasteiger partial charge in [0, 0.05) is 23.9 Å². The number of para-hydroxylation sites is 1. The molecule has 0 spiro atoms. The molecule has 0 saturated carbocycles. The molecule has 110 valence electrons. The molecule has 5 nitrogen and oxygen atoms in total. The summed E-state index contributed by atoms with van der Waals surface area (Å²) in [5.74, 6) is -0.862. The van der Waals surface area contributed by atoms with Crippen molar-refractivity contribution in [1.29, 1.82) is 0 Å². The number of rotatable bonds is 5. The first-order valence-corrected chi connectivity index (χ1v) is 6.07. The number of anilines is 2. The quantitative estimate of drug-likeness (QED) is 0.884. The zero-order valence-corrected chi connectivity index (χ0v) is 11.5. The molecule has 0 heterocycles. The highest BCUT2D eigenvalue weighted by Crippen LogP contribution is 2.30. The van der Waals surface area contributed by atoms with E-state index >= 15 is 0 Å². The van der Waals surface area contributed by atoms with Crippen LogP contribution in [0, 0.1) is 5.82 Å². The van der Waals surface area contributed by atoms with E-state index in [1.807, 2.05) is 0 Å². The van der Waals surface area contributed by atoms with Gasteiger partial charge in [-0.05, 0) is 12.1 Å². The number of hydrogen-bond acceptors (Lipinski definition) is 4. The van der Waals surface area contributed by atoms with Crippen molar-refractivity contribution in [1.82, 2.24) is 0 Å². The number of benzene rings is 2. The summed E-state index contributed by atoms with van der Waals surface area (Å²) < 4.78 is 24.1. The predicted molar refractivity (Wildman–Crippen MR) is 76.2 cm³/mol. The van der Waals surface area contributed by atoms with Crippen LogP contribution in [0.25, 0.3) is 0 Å². The van der Waals surface area contributed by atoms with Crippen LogP contribution in [0.5, 0.6) is 11.5 Å². The Morgan fingerprint density at radius 3 is 2.29 bits per heavy atom. The second-order valence-electron chi connectivity index (χ2n) is 4.19. The molecule has 0 atom stereocenters. The molecular formula is C15H14FNO4. The van der Waals surface area contributed by atoms with Gasteiger partial charge in [-0.2, -0.15) is 0 Å². The van der Waals surface area contributed by atoms with Crippen molar-refractivity contribution in [3.63, 3.8) is 0 Å². The summed E-state index contributed by atoms with van der Waals surface area (Å²) in [6, 6.07) is 8.74. The molecule has 0 saturated heterocycles. The highest BCUT2D eigenvalue weighted by molar-refractivity contribution is 5.95. The summed E-state index contributed by atoms with van der Waals surface area (Å²) in [4.78, 5) is 11.2. The van der Waals surface area contributed by atoms with E-state index in [1.54, 1.807) is 18.2 Å². The lowest BCUT2D eigenvalue weighted by Crippen LogP contribution is -2.05. The molecule has 2 N–H and O–H groups in total. The summed E-state index contributed by atoms with van der Waals surface area (Å²) in [6.45, 7) is 0. The van der Waals surface area contributed by atoms with Crippen LogP contribution >= 0.6 is 0 Å². The molecule has 2 aromatic carbocycles. The molecule has 2 rings (SSSR count). The standard InChI is InChI=1S/C15H14FNO4/c1-20-10-6-9(7-11(8-10)21-2)17-14-12(15(18)19)4-3-5-13(14)16/h3-8,17H,1-2H3,(H,18,19). The van der Waals surface area contributed by atoms with Gasteiger partial charge in [-0.15, -0.1) is 0 Å². The van der Waals surface area contributed by atoms with E-state index in [1.165, 1.54) is 32.4 Å². The Bertz CT molecular complexity index is 650. The van der Waals surface area contributed by atoms with Gasteiger partial charge < -0.3 is 19.9 Å². The Morgan fingerprint density at radius 1 is 1.14 bits per heavy atom. The number of carboxylic acids is 1. The Hall–Kier alpha value is -2.76. The van der Waals surface area contributed by atoms with Crippen LogP contribution in [0.1, 0.15) is 10.4 Å². The number of aromatic carboxylic acids is 1. The minimum absolute atomic E-state index is 0.111. The number of ether oxygens (including phenoxy) is 2. The lowest BCUT2D eigenvalue weighted by Gasteiger charge is -2.13. The van der Waals surface area contributed by atoms with E-state index in [2.05, 4.69) is 5.32 Å². The summed E-state index contributed by atoms with van der Waals surface area (Å²) in [7, 11) is 2.98. The summed E-state index contributed by atoms with van der Waals surface area (Å²) >= 11 is 0. The first-order chi connectivity index (χ1) is 10.0. The van der Waals surface area contributed by atoms with Crippen LogP contribution in [0.4, 0.5) is 15.8 Å². The second-order valence-corrected chi connectivity index (χ2v) is 4.19. The molecule has 21 heavy (non-hydrogen) atoms. The number of carboxylic acid groups (broad SMARTS) is 1. The molecule has 0 bridgehead atoms. The average Bonchev–Trinajstić information content (AvgIpc) is 2.48. The molecule has 0 aromatic heterocycles. The Morgan fingerprint density at radius 2 is 1.76 bits per heavy atom. The summed E-state index contributed by atoms with van der Waals surface area (Å²) in [5.41, 5.74) is 0.191. The molecule has 0 amide bonds. The van der Waals surface area contributed by atoms with Gasteiger partial charge in [0.25, 0.3) is 0 Å². The number of methoxy groups -OCH3 is 2. The highest BCUT2D eigenvalue weighted by Gasteiger charge is 2.15. The predicted octanol–water partition coefficient (Wildman–Crippen LogP) is 3.28. The first-order valence-electron chi connectivity index (χ1n) is 6.07. The maximum absolute atomic E-state index is 13.9. The minimum atomic E-state index is -1.22. The van der Waals surface area contributed by atoms with Crippen molar-refractivity contribution < 1.29 is 23.8 Å². The topological polar surface area (TPSA) is 67.8 Å². The zero-order chi connectivity index (χ0) is 15.4. The highest BCUT2D eigenvalue weighted by atomic mass is 19.1. The van der Waals surface area contributed by atoms with Crippen molar-refractivity contribution in [3.05, 3.63) is 47.8 Å². The lowest BCUT2D eigenvalue weighted by atomic mass is 10.1. The fourth-order valence-corrected chi connectivity index (χ4v) is 1.85. The van der Waals surface area contributed by atoms with Gasteiger partial charge in [-0.1, -0.05) is 6.07 Å². The Balaban J connectivity index is 2.45. The van der Waals surface area contributed by atoms with Gasteiger partial charge in [0.2, 0.25) is 0 Å². The molecule has 0 aliphatic rings. The monoisotopic (exact) mass is 291 g/mol. The zero-order valence-electron chi connectivity index (χ0n) is 11.5. The smallest absolute Gasteiger partial charge is 0.337 e. The van der Waals surface area contributed by atoms with Crippen LogP contribution in [0.15, 0.2) is 36.4 Å². The van der Waals surface area contributed by atoms with Gasteiger partial charge in [-0.25, -0.2) is 9.18 Å². The number of carbonyl (C=O) groups is 1. The maximum Gasteiger partial charge on any atom is 0.337 e. The molecule has 0 aliphatic carbocycles. The molecule has 6 heteroatoms. The van der Waals surface area contributed by atoms with Crippen LogP contribution in [0.3, 0.4) is 0 Å². The normalized spacial score (nSPS) is 10.0. The Labute approximate surface area is 120 Å². The van der Waals surface area contributed by atoms with E-state index in [0.717, 1.165) is 0 Å². The van der Waals surface area contributed by atoms with Crippen molar-refractivity contribution >= 4 is 17.3 Å². The SMILES string of the molecule is COc1cc(Nc2c(F)cccc2C(=O)O)cc(OC)c1. The largest absolute Gasteiger partial charge is 0.497 e. The third-order valence-corrected chi connectivity index (χ3v) is 2.86. The van der Waals surface area contributed by atoms with Crippen molar-refractivity contribution in [2.45, 2.75) is 0 Å². The van der Waals surface area contributed by atoms with E-state index in [-0.39, 0.29) is 11.3 Å². The molecule has 0 aliphatic heterocycles. The van der Waals surface area contributed by atoms with Crippen molar-refractivity contribution in [3.8, 4) is 11.5 Å². The van der Waals surface area contributed by atoms with Gasteiger partial charge >= 0.3 is 5.97 Å². The molecule has 0 radical (unpaired) electrons. The molecule has 0 unspecified atom stereocenters. The number of hydrogen-bond donors (Lipinski definition) is 2. The fourth-order valence-electron chi connectivity index (χ4n) is 1.85. The van der Waals surface area contributed by atoms with Gasteiger partial charge in [0.15, 0.2) is 0 Å². The van der Waals surface area contributed by atoms with Crippen LogP contribution in [0.2, 0.25) is 0 Å². The minimum Gasteiger partial charge on any atom is -0.497 e. The van der Waals surface area contributed by atoms with Crippen LogP contribution in [-0.4, -0.2) is 25.3 Å². The second kappa shape index (κ2) is 6.13. The van der Waals surface area contributed by atoms with Crippen LogP contribution < -0.4 is 14.8 Å². The van der Waals surface area contributed by atoms with E-state index < -0.39 is 11.8 Å². The third-order valence-electron chi connectivity index (χ3n) is 2.86. The average molecular weight is 291 g/mol. The van der Waals surface area contributed by atoms with E-state index in [4.69, 9.17) is 14.6 Å².